The van der Waals surface area contributed by atoms with Gasteiger partial charge in [-0.05, 0) is 35.6 Å². The normalized spacial score (nSPS) is 13.4. The molecule has 1 amide bonds. The van der Waals surface area contributed by atoms with Gasteiger partial charge in [0.15, 0.2) is 0 Å². The highest BCUT2D eigenvalue weighted by atomic mass is 16.5. The van der Waals surface area contributed by atoms with Crippen LogP contribution in [0.3, 0.4) is 0 Å². The van der Waals surface area contributed by atoms with Crippen molar-refractivity contribution in [2.24, 2.45) is 0 Å². The second-order valence-electron chi connectivity index (χ2n) is 8.80. The van der Waals surface area contributed by atoms with Crippen molar-refractivity contribution in [1.29, 1.82) is 0 Å². The highest BCUT2D eigenvalue weighted by molar-refractivity contribution is 5.92. The molecule has 172 valence electrons. The number of pyridine rings is 2. The predicted molar refractivity (Wildman–Crippen MR) is 128 cm³/mol. The molecule has 0 unspecified atom stereocenters. The monoisotopic (exact) mass is 455 g/mol. The van der Waals surface area contributed by atoms with E-state index in [0.29, 0.717) is 13.0 Å². The van der Waals surface area contributed by atoms with Crippen LogP contribution < -0.4 is 0 Å². The number of ether oxygens (including phenoxy) is 1. The highest BCUT2D eigenvalue weighted by Gasteiger charge is 2.29. The standard InChI is InChI=1S/C26H25N5O3/c1-15(2)25-18-11-24(32)30(3)14-23(18)31(29-25)22-7-5-6-16-10-21(28-13-19(16)22)17-8-9-20(27-12-17)26(33)34-4/h5-10,12-13,15H,11,14H2,1-4H3. The van der Waals surface area contributed by atoms with Gasteiger partial charge in [-0.2, -0.15) is 5.10 Å². The number of hydrogen-bond acceptors (Lipinski definition) is 6. The Morgan fingerprint density at radius 2 is 1.94 bits per heavy atom. The van der Waals surface area contributed by atoms with E-state index in [9.17, 15) is 9.59 Å². The summed E-state index contributed by atoms with van der Waals surface area (Å²) in [6, 6.07) is 11.5. The molecule has 0 N–H and O–H groups in total. The Hall–Kier alpha value is -4.07. The topological polar surface area (TPSA) is 90.2 Å². The van der Waals surface area contributed by atoms with E-state index >= 15 is 0 Å². The lowest BCUT2D eigenvalue weighted by Crippen LogP contribution is -2.33. The van der Waals surface area contributed by atoms with Gasteiger partial charge in [-0.1, -0.05) is 26.0 Å². The van der Waals surface area contributed by atoms with E-state index < -0.39 is 5.97 Å². The van der Waals surface area contributed by atoms with Crippen LogP contribution in [0.25, 0.3) is 27.7 Å². The van der Waals surface area contributed by atoms with Crippen molar-refractivity contribution < 1.29 is 14.3 Å². The quantitative estimate of drug-likeness (QED) is 0.434. The zero-order valence-corrected chi connectivity index (χ0v) is 19.6. The minimum Gasteiger partial charge on any atom is -0.464 e. The third kappa shape index (κ3) is 3.61. The number of amides is 1. The maximum absolute atomic E-state index is 12.4. The lowest BCUT2D eigenvalue weighted by atomic mass is 9.98. The number of carbonyl (C=O) groups is 2. The summed E-state index contributed by atoms with van der Waals surface area (Å²) in [4.78, 5) is 34.7. The molecule has 3 aromatic heterocycles. The van der Waals surface area contributed by atoms with Gasteiger partial charge in [0.05, 0.1) is 42.8 Å². The highest BCUT2D eigenvalue weighted by Crippen LogP contribution is 2.32. The summed E-state index contributed by atoms with van der Waals surface area (Å²) in [7, 11) is 3.16. The molecule has 1 aromatic carbocycles. The molecule has 0 spiro atoms. The lowest BCUT2D eigenvalue weighted by molar-refractivity contribution is -0.130. The zero-order valence-electron chi connectivity index (χ0n) is 19.6. The van der Waals surface area contributed by atoms with Crippen LogP contribution in [-0.2, 0) is 22.5 Å². The van der Waals surface area contributed by atoms with Crippen LogP contribution in [0.4, 0.5) is 0 Å². The fourth-order valence-corrected chi connectivity index (χ4v) is 4.39. The summed E-state index contributed by atoms with van der Waals surface area (Å²) in [5, 5.41) is 6.92. The van der Waals surface area contributed by atoms with Crippen LogP contribution >= 0.6 is 0 Å². The summed E-state index contributed by atoms with van der Waals surface area (Å²) in [6.07, 6.45) is 3.84. The number of hydrogen-bond donors (Lipinski definition) is 0. The summed E-state index contributed by atoms with van der Waals surface area (Å²) in [5.41, 5.74) is 5.79. The third-order valence-electron chi connectivity index (χ3n) is 6.23. The molecule has 0 fully saturated rings. The first-order chi connectivity index (χ1) is 16.4. The molecule has 1 aliphatic heterocycles. The number of aromatic nitrogens is 4. The van der Waals surface area contributed by atoms with Crippen molar-refractivity contribution in [3.63, 3.8) is 0 Å². The van der Waals surface area contributed by atoms with Crippen molar-refractivity contribution in [3.05, 3.63) is 71.4 Å². The van der Waals surface area contributed by atoms with Gasteiger partial charge in [-0.3, -0.25) is 9.78 Å². The molecule has 0 saturated carbocycles. The fraction of sp³-hybridized carbons (Fsp3) is 0.269. The largest absolute Gasteiger partial charge is 0.464 e. The van der Waals surface area contributed by atoms with Crippen molar-refractivity contribution in [2.45, 2.75) is 32.7 Å². The van der Waals surface area contributed by atoms with Crippen LogP contribution in [-0.4, -0.2) is 50.7 Å². The molecule has 8 heteroatoms. The second-order valence-corrected chi connectivity index (χ2v) is 8.80. The van der Waals surface area contributed by atoms with Crippen LogP contribution in [0.15, 0.2) is 48.8 Å². The van der Waals surface area contributed by atoms with E-state index in [1.165, 1.54) is 7.11 Å². The van der Waals surface area contributed by atoms with E-state index in [1.54, 1.807) is 17.2 Å². The minimum atomic E-state index is -0.474. The van der Waals surface area contributed by atoms with Crippen LogP contribution in [0.2, 0.25) is 0 Å². The van der Waals surface area contributed by atoms with Crippen LogP contribution in [0.1, 0.15) is 47.2 Å². The Labute approximate surface area is 197 Å². The van der Waals surface area contributed by atoms with E-state index in [0.717, 1.165) is 44.7 Å². The SMILES string of the molecule is COC(=O)c1ccc(-c2cc3cccc(-n4nc(C(C)C)c5c4CN(C)C(=O)C5)c3cn2)cn1. The van der Waals surface area contributed by atoms with Crippen LogP contribution in [0.5, 0.6) is 0 Å². The number of fused-ring (bicyclic) bond motifs is 2. The summed E-state index contributed by atoms with van der Waals surface area (Å²) in [5.74, 6) is -0.144. The molecule has 0 aliphatic carbocycles. The van der Waals surface area contributed by atoms with Crippen molar-refractivity contribution >= 4 is 22.6 Å². The number of nitrogens with zero attached hydrogens (tertiary/aromatic N) is 5. The summed E-state index contributed by atoms with van der Waals surface area (Å²) < 4.78 is 6.69. The molecular formula is C26H25N5O3. The number of carbonyl (C=O) groups excluding carboxylic acids is 2. The van der Waals surface area contributed by atoms with E-state index in [-0.39, 0.29) is 17.5 Å². The van der Waals surface area contributed by atoms with Crippen molar-refractivity contribution in [3.8, 4) is 16.9 Å². The van der Waals surface area contributed by atoms with Gasteiger partial charge in [-0.15, -0.1) is 0 Å². The molecule has 4 heterocycles. The second kappa shape index (κ2) is 8.37. The first-order valence-electron chi connectivity index (χ1n) is 11.2. The molecule has 0 saturated heterocycles. The van der Waals surface area contributed by atoms with E-state index in [2.05, 4.69) is 23.8 Å². The molecule has 34 heavy (non-hydrogen) atoms. The maximum Gasteiger partial charge on any atom is 0.356 e. The zero-order chi connectivity index (χ0) is 24.0. The maximum atomic E-state index is 12.4. The van der Waals surface area contributed by atoms with Gasteiger partial charge in [0.25, 0.3) is 0 Å². The molecule has 8 nitrogen and oxygen atoms in total. The van der Waals surface area contributed by atoms with Gasteiger partial charge in [0.1, 0.15) is 5.69 Å². The molecule has 1 aliphatic rings. The van der Waals surface area contributed by atoms with Gasteiger partial charge in [0.2, 0.25) is 5.91 Å². The fourth-order valence-electron chi connectivity index (χ4n) is 4.39. The minimum absolute atomic E-state index is 0.116. The number of rotatable bonds is 4. The molecule has 5 rings (SSSR count). The molecule has 0 atom stereocenters. The first kappa shape index (κ1) is 21.8. The summed E-state index contributed by atoms with van der Waals surface area (Å²) >= 11 is 0. The third-order valence-corrected chi connectivity index (χ3v) is 6.23. The van der Waals surface area contributed by atoms with E-state index in [1.807, 2.05) is 48.3 Å². The van der Waals surface area contributed by atoms with Crippen molar-refractivity contribution in [1.82, 2.24) is 24.6 Å². The number of benzene rings is 1. The smallest absolute Gasteiger partial charge is 0.356 e. The van der Waals surface area contributed by atoms with Crippen molar-refractivity contribution in [2.75, 3.05) is 14.2 Å². The summed E-state index contributed by atoms with van der Waals surface area (Å²) in [6.45, 7) is 4.73. The Morgan fingerprint density at radius 1 is 1.12 bits per heavy atom. The Balaban J connectivity index is 1.60. The number of likely N-dealkylation sites (N-methyl/N-ethyl adjacent to an activating group) is 1. The average molecular weight is 456 g/mol. The Kier molecular flexibility index (Phi) is 5.36. The predicted octanol–water partition coefficient (Wildman–Crippen LogP) is 3.91. The van der Waals surface area contributed by atoms with Gasteiger partial charge < -0.3 is 9.64 Å². The number of methoxy groups -OCH3 is 1. The number of esters is 1. The van der Waals surface area contributed by atoms with Crippen LogP contribution in [0, 0.1) is 0 Å². The van der Waals surface area contributed by atoms with Gasteiger partial charge >= 0.3 is 5.97 Å². The molecule has 0 bridgehead atoms. The average Bonchev–Trinajstić information content (AvgIpc) is 3.21. The Bertz CT molecular complexity index is 1420. The lowest BCUT2D eigenvalue weighted by Gasteiger charge is -2.24. The van der Waals surface area contributed by atoms with Gasteiger partial charge in [0, 0.05) is 36.0 Å². The molecular weight excluding hydrogens is 430 g/mol. The molecule has 4 aromatic rings. The van der Waals surface area contributed by atoms with Gasteiger partial charge in [-0.25, -0.2) is 14.5 Å². The first-order valence-corrected chi connectivity index (χ1v) is 11.2. The Morgan fingerprint density at radius 3 is 2.65 bits per heavy atom. The van der Waals surface area contributed by atoms with E-state index in [4.69, 9.17) is 9.84 Å². The molecule has 0 radical (unpaired) electrons.